The maximum Gasteiger partial charge on any atom is 0.545 e. The topological polar surface area (TPSA) is 204 Å². The molecule has 0 spiro atoms. The Kier molecular flexibility index (Phi) is 25.4. The summed E-state index contributed by atoms with van der Waals surface area (Å²) in [6, 6.07) is 50.8. The van der Waals surface area contributed by atoms with Crippen LogP contribution in [-0.4, -0.2) is 95.5 Å². The van der Waals surface area contributed by atoms with E-state index in [2.05, 4.69) is 53.2 Å². The van der Waals surface area contributed by atoms with E-state index in [0.29, 0.717) is 36.0 Å². The lowest BCUT2D eigenvalue weighted by Gasteiger charge is -2.27. The molecule has 0 saturated carbocycles. The molecular formula is C49H59N9O10P8S2+2. The molecule has 0 aromatic heterocycles. The molecule has 6 aromatic rings. The van der Waals surface area contributed by atoms with Gasteiger partial charge in [0, 0.05) is 62.9 Å². The van der Waals surface area contributed by atoms with Crippen LogP contribution in [0.5, 0.6) is 23.0 Å². The second-order valence-corrected chi connectivity index (χ2v) is 34.3. The van der Waals surface area contributed by atoms with Crippen molar-refractivity contribution in [2.45, 2.75) is 6.42 Å². The van der Waals surface area contributed by atoms with Gasteiger partial charge in [0.05, 0.1) is 26.9 Å². The van der Waals surface area contributed by atoms with E-state index in [9.17, 15) is 9.13 Å². The number of rotatable bonds is 31. The summed E-state index contributed by atoms with van der Waals surface area (Å²) in [6.45, 7) is 0.568. The Morgan fingerprint density at radius 2 is 1.13 bits per heavy atom. The Hall–Kier alpha value is -4.41. The maximum absolute atomic E-state index is 12.9. The third kappa shape index (κ3) is 19.1. The SMILES string of the molecule is COP(=O)(CN(CCc1ccc(O[P+](=S)N(C)N=Cc2ccc(O[P+](=S)N=P(c3ccccc3)(c3ccccc3)c3ccc(OCN(C)N=Cc4ccc(OPP(P)N=[N+]=[N-])cc4)cc3)cc2)cc1)CP(=O)(OC)OC)OC. The first-order valence-electron chi connectivity index (χ1n) is 23.4. The van der Waals surface area contributed by atoms with Crippen LogP contribution in [0.15, 0.2) is 177 Å². The quantitative estimate of drug-likeness (QED) is 0.00755. The van der Waals surface area contributed by atoms with E-state index in [1.165, 1.54) is 28.4 Å². The van der Waals surface area contributed by atoms with Gasteiger partial charge in [-0.25, -0.2) is 0 Å². The number of nitrogens with zero attached hydrogens (tertiary/aromatic N) is 9. The summed E-state index contributed by atoms with van der Waals surface area (Å²) in [5.41, 5.74) is 11.3. The Bertz CT molecular complexity index is 3090. The Morgan fingerprint density at radius 1 is 0.654 bits per heavy atom. The standard InChI is InChI=1S/C49H59N9O10P8S2/c1-56(51-35-41-19-23-44(24-20-41)66-70-72(69)54-53-50)37-65-43-29-31-49(32-30-43)76(47-13-9-7-10-14-47,48-15-11-8-12-16-48)55-71(77)67-45-27-21-42(22-28-45)36-52-57(2)73(78)68-46-25-17-40(18-26-46)33-34-58(38-74(59,61-3)62-4)39-75(60,63-5)64-6/h7-32,35-36,70H,33-34,37-39,69H2,1-6H3/q+2. The van der Waals surface area contributed by atoms with Crippen molar-refractivity contribution in [1.82, 2.24) is 14.7 Å². The molecule has 29 heteroatoms. The second-order valence-electron chi connectivity index (χ2n) is 16.3. The highest BCUT2D eigenvalue weighted by atomic mass is 32.4. The van der Waals surface area contributed by atoms with E-state index in [4.69, 9.17) is 70.1 Å². The lowest BCUT2D eigenvalue weighted by molar-refractivity contribution is 0.158. The van der Waals surface area contributed by atoms with Crippen LogP contribution in [0.1, 0.15) is 16.7 Å². The van der Waals surface area contributed by atoms with Gasteiger partial charge in [0.25, 0.3) is 0 Å². The van der Waals surface area contributed by atoms with Crippen LogP contribution in [0, 0.1) is 0 Å². The van der Waals surface area contributed by atoms with Crippen molar-refractivity contribution >= 4 is 113 Å². The van der Waals surface area contributed by atoms with Gasteiger partial charge in [-0.3, -0.25) is 28.1 Å². The summed E-state index contributed by atoms with van der Waals surface area (Å²) in [4.78, 5) is 8.18. The van der Waals surface area contributed by atoms with Gasteiger partial charge in [0.15, 0.2) is 18.2 Å². The maximum atomic E-state index is 12.9. The van der Waals surface area contributed by atoms with Crippen LogP contribution in [0.4, 0.5) is 0 Å². The van der Waals surface area contributed by atoms with Crippen LogP contribution < -0.4 is 34.2 Å². The van der Waals surface area contributed by atoms with Crippen LogP contribution in [0.2, 0.25) is 0 Å². The fourth-order valence-corrected chi connectivity index (χ4v) is 18.7. The lowest BCUT2D eigenvalue weighted by Crippen LogP contribution is -2.29. The predicted molar refractivity (Wildman–Crippen MR) is 331 cm³/mol. The van der Waals surface area contributed by atoms with Crippen molar-refractivity contribution in [3.8, 4) is 23.0 Å². The van der Waals surface area contributed by atoms with Crippen LogP contribution in [0.3, 0.4) is 0 Å². The fourth-order valence-electron chi connectivity index (χ4n) is 7.03. The molecule has 0 fully saturated rings. The van der Waals surface area contributed by atoms with Gasteiger partial charge >= 0.3 is 29.3 Å². The first kappa shape index (κ1) is 62.8. The van der Waals surface area contributed by atoms with E-state index in [1.807, 2.05) is 141 Å². The first-order chi connectivity index (χ1) is 37.6. The third-order valence-corrected chi connectivity index (χ3v) is 25.9. The molecule has 78 heavy (non-hydrogen) atoms. The number of hydrazone groups is 2. The van der Waals surface area contributed by atoms with Crippen LogP contribution in [-0.2, 0) is 57.3 Å². The number of hydrogen-bond acceptors (Lipinski definition) is 17. The lowest BCUT2D eigenvalue weighted by atomic mass is 10.1. The molecule has 410 valence electrons. The zero-order chi connectivity index (χ0) is 56.0. The molecular weight excluding hydrogens is 1190 g/mol. The number of hydrogen-bond donors (Lipinski definition) is 0. The molecule has 0 amide bonds. The molecule has 0 aliphatic carbocycles. The second kappa shape index (κ2) is 31.6. The highest BCUT2D eigenvalue weighted by Crippen LogP contribution is 2.63. The molecule has 0 bridgehead atoms. The monoisotopic (exact) mass is 1250 g/mol. The van der Waals surface area contributed by atoms with Crippen molar-refractivity contribution in [3.63, 3.8) is 0 Å². The van der Waals surface area contributed by atoms with Crippen molar-refractivity contribution in [1.29, 1.82) is 0 Å². The molecule has 0 saturated heterocycles. The van der Waals surface area contributed by atoms with Gasteiger partial charge < -0.3 is 27.4 Å². The fraction of sp³-hybridized carbons (Fsp3) is 0.224. The van der Waals surface area contributed by atoms with E-state index < -0.39 is 43.8 Å². The van der Waals surface area contributed by atoms with Crippen molar-refractivity contribution < 1.29 is 45.5 Å². The van der Waals surface area contributed by atoms with Gasteiger partial charge in [0.2, 0.25) is 23.6 Å². The summed E-state index contributed by atoms with van der Waals surface area (Å²) in [5, 5.41) is 13.8. The molecule has 6 rings (SSSR count). The average Bonchev–Trinajstić information content (AvgIpc) is 3.50. The summed E-state index contributed by atoms with van der Waals surface area (Å²) < 4.78 is 77.8. The molecule has 0 aliphatic rings. The summed E-state index contributed by atoms with van der Waals surface area (Å²) >= 11 is 11.8. The zero-order valence-electron chi connectivity index (χ0n) is 43.4. The smallest absolute Gasteiger partial charge is 0.472 e. The number of benzene rings is 6. The molecule has 0 heterocycles. The number of azide groups is 1. The van der Waals surface area contributed by atoms with Gasteiger partial charge in [0.1, 0.15) is 39.6 Å². The molecule has 0 N–H and O–H groups in total. The largest absolute Gasteiger partial charge is 0.545 e. The van der Waals surface area contributed by atoms with Gasteiger partial charge in [-0.05, 0) is 118 Å². The van der Waals surface area contributed by atoms with E-state index in [0.717, 1.165) is 32.6 Å². The van der Waals surface area contributed by atoms with Crippen molar-refractivity contribution in [3.05, 3.63) is 185 Å². The Labute approximate surface area is 472 Å². The molecule has 5 unspecified atom stereocenters. The Morgan fingerprint density at radius 3 is 1.65 bits per heavy atom. The first-order valence-corrected chi connectivity index (χ1v) is 37.7. The molecule has 5 atom stereocenters. The van der Waals surface area contributed by atoms with Crippen LogP contribution >= 0.6 is 61.3 Å². The normalized spacial score (nSPS) is 12.8. The molecule has 6 aromatic carbocycles. The van der Waals surface area contributed by atoms with Gasteiger partial charge in [-0.2, -0.15) is 5.10 Å². The minimum atomic E-state index is -3.45. The molecule has 19 nitrogen and oxygen atoms in total. The van der Waals surface area contributed by atoms with Crippen LogP contribution in [0.25, 0.3) is 10.4 Å². The van der Waals surface area contributed by atoms with Gasteiger partial charge in [-0.15, -0.1) is 5.10 Å². The van der Waals surface area contributed by atoms with Gasteiger partial charge in [-0.1, -0.05) is 91.4 Å². The van der Waals surface area contributed by atoms with E-state index in [-0.39, 0.29) is 27.8 Å². The number of ether oxygens (including phenoxy) is 1. The zero-order valence-corrected chi connectivity index (χ0v) is 52.5. The predicted octanol–water partition coefficient (Wildman–Crippen LogP) is 13.6. The molecule has 0 radical (unpaired) electrons. The third-order valence-electron chi connectivity index (χ3n) is 11.1. The average molecular weight is 1250 g/mol. The summed E-state index contributed by atoms with van der Waals surface area (Å²) in [6.07, 6.45) is 3.75. The Balaban J connectivity index is 1.08. The van der Waals surface area contributed by atoms with E-state index in [1.54, 1.807) is 34.2 Å². The minimum absolute atomic E-state index is 0.0511. The van der Waals surface area contributed by atoms with Crippen molar-refractivity contribution in [2.24, 2.45) is 19.6 Å². The highest BCUT2D eigenvalue weighted by Gasteiger charge is 2.34. The van der Waals surface area contributed by atoms with Crippen molar-refractivity contribution in [2.75, 3.05) is 68.4 Å². The van der Waals surface area contributed by atoms with E-state index >= 15 is 0 Å². The minimum Gasteiger partial charge on any atom is -0.472 e. The summed E-state index contributed by atoms with van der Waals surface area (Å²) in [7, 11) is -2.58. The highest BCUT2D eigenvalue weighted by molar-refractivity contribution is 8.46. The summed E-state index contributed by atoms with van der Waals surface area (Å²) in [5.74, 6) is 2.48. The molecule has 0 aliphatic heterocycles.